The fraction of sp³-hybridized carbons (Fsp3) is 0. The van der Waals surface area contributed by atoms with E-state index in [2.05, 4.69) is 114 Å². The number of benzene rings is 5. The molecule has 5 aromatic carbocycles. The van der Waals surface area contributed by atoms with Crippen LogP contribution in [0.1, 0.15) is 0 Å². The van der Waals surface area contributed by atoms with Crippen molar-refractivity contribution in [2.75, 3.05) is 0 Å². The van der Waals surface area contributed by atoms with Gasteiger partial charge in [0.05, 0.1) is 22.1 Å². The fourth-order valence-corrected chi connectivity index (χ4v) is 5.09. The molecule has 34 heavy (non-hydrogen) atoms. The standard InChI is InChI=1S/C31H19N2.Ir/c1-2-11-21(12-3-1)30-25-16-5-4-13-22(25)23-14-6-8-19-28(23)33-29-20-9-7-15-24(29)26-17-10-18-27(32-30)31(26)33;/h1-11,13-20H;/q-1;. The Balaban J connectivity index is 0.00000217. The number of rotatable bonds is 1. The molecule has 2 nitrogen and oxygen atoms in total. The monoisotopic (exact) mass is 612 g/mol. The van der Waals surface area contributed by atoms with Gasteiger partial charge in [-0.3, -0.25) is 4.98 Å². The van der Waals surface area contributed by atoms with Crippen LogP contribution in [0.2, 0.25) is 0 Å². The molecular weight excluding hydrogens is 593 g/mol. The van der Waals surface area contributed by atoms with Crippen molar-refractivity contribution in [2.24, 2.45) is 0 Å². The second kappa shape index (κ2) is 8.22. The van der Waals surface area contributed by atoms with Crippen LogP contribution in [0.4, 0.5) is 0 Å². The minimum absolute atomic E-state index is 0. The maximum atomic E-state index is 5.33. The Bertz CT molecular complexity index is 1870. The van der Waals surface area contributed by atoms with Gasteiger partial charge < -0.3 is 4.40 Å². The van der Waals surface area contributed by atoms with Gasteiger partial charge in [0.2, 0.25) is 0 Å². The van der Waals surface area contributed by atoms with Crippen molar-refractivity contribution >= 4 is 49.0 Å². The van der Waals surface area contributed by atoms with E-state index in [-0.39, 0.29) is 20.1 Å². The van der Waals surface area contributed by atoms with Crippen molar-refractivity contribution in [3.8, 4) is 11.3 Å². The van der Waals surface area contributed by atoms with Crippen molar-refractivity contribution in [3.05, 3.63) is 121 Å². The van der Waals surface area contributed by atoms with E-state index in [0.29, 0.717) is 0 Å². The molecule has 0 bridgehead atoms. The second-order valence-electron chi connectivity index (χ2n) is 8.33. The first-order chi connectivity index (χ1) is 16.4. The molecule has 0 saturated carbocycles. The summed E-state index contributed by atoms with van der Waals surface area (Å²) in [5.41, 5.74) is 6.37. The molecular formula is C31H19IrN2-. The third-order valence-electron chi connectivity index (χ3n) is 6.49. The number of hydrogen-bond donors (Lipinski definition) is 0. The molecule has 0 saturated heterocycles. The number of hydrogen-bond acceptors (Lipinski definition) is 1. The van der Waals surface area contributed by atoms with Crippen LogP contribution in [0.15, 0.2) is 115 Å². The molecule has 0 fully saturated rings. The van der Waals surface area contributed by atoms with E-state index in [1.807, 2.05) is 12.1 Å². The van der Waals surface area contributed by atoms with Crippen LogP contribution in [-0.4, -0.2) is 9.38 Å². The van der Waals surface area contributed by atoms with E-state index in [9.17, 15) is 0 Å². The normalized spacial score (nSPS) is 11.3. The maximum Gasteiger partial charge on any atom is 0.0789 e. The predicted octanol–water partition coefficient (Wildman–Crippen LogP) is 7.97. The smallest absolute Gasteiger partial charge is 0.0789 e. The van der Waals surface area contributed by atoms with Crippen LogP contribution < -0.4 is 0 Å². The van der Waals surface area contributed by atoms with Gasteiger partial charge in [-0.15, -0.1) is 35.9 Å². The van der Waals surface area contributed by atoms with E-state index < -0.39 is 0 Å². The molecule has 163 valence electrons. The van der Waals surface area contributed by atoms with Gasteiger partial charge in [0.1, 0.15) is 0 Å². The van der Waals surface area contributed by atoms with Gasteiger partial charge in [0.15, 0.2) is 0 Å². The summed E-state index contributed by atoms with van der Waals surface area (Å²) in [5, 5.41) is 5.92. The summed E-state index contributed by atoms with van der Waals surface area (Å²) in [5.74, 6) is 0. The van der Waals surface area contributed by atoms with E-state index >= 15 is 0 Å². The molecule has 1 radical (unpaired) electrons. The van der Waals surface area contributed by atoms with Crippen molar-refractivity contribution in [1.82, 2.24) is 9.38 Å². The third kappa shape index (κ3) is 3.02. The molecule has 0 amide bonds. The van der Waals surface area contributed by atoms with Crippen molar-refractivity contribution in [1.29, 1.82) is 0 Å². The summed E-state index contributed by atoms with van der Waals surface area (Å²) in [4.78, 5) is 5.33. The Morgan fingerprint density at radius 3 is 1.82 bits per heavy atom. The first-order valence-electron chi connectivity index (χ1n) is 11.2. The summed E-state index contributed by atoms with van der Waals surface area (Å²) in [6.07, 6.45) is 0. The Morgan fingerprint density at radius 1 is 0.529 bits per heavy atom. The Morgan fingerprint density at radius 2 is 1.12 bits per heavy atom. The molecule has 0 aliphatic carbocycles. The molecule has 0 N–H and O–H groups in total. The summed E-state index contributed by atoms with van der Waals surface area (Å²) < 4.78 is 2.38. The van der Waals surface area contributed by atoms with Gasteiger partial charge in [-0.2, -0.15) is 0 Å². The Kier molecular flexibility index (Phi) is 5.03. The van der Waals surface area contributed by atoms with Crippen LogP contribution in [-0.2, 0) is 20.1 Å². The number of aromatic nitrogens is 2. The van der Waals surface area contributed by atoms with Gasteiger partial charge >= 0.3 is 0 Å². The second-order valence-corrected chi connectivity index (χ2v) is 8.33. The van der Waals surface area contributed by atoms with Crippen molar-refractivity contribution in [2.45, 2.75) is 0 Å². The SMILES string of the molecule is [Ir].[c-]1ccccc1-c1nc2cccc3c4ccccc4n(c4ccccc4c4ccccc14)c23. The van der Waals surface area contributed by atoms with Crippen LogP contribution >= 0.6 is 0 Å². The van der Waals surface area contributed by atoms with E-state index in [1.54, 1.807) is 0 Å². The first-order valence-corrected chi connectivity index (χ1v) is 11.2. The van der Waals surface area contributed by atoms with Crippen molar-refractivity contribution < 1.29 is 20.1 Å². The molecule has 2 heterocycles. The van der Waals surface area contributed by atoms with Crippen LogP contribution in [0, 0.1) is 6.07 Å². The molecule has 0 spiro atoms. The molecule has 7 aromatic rings. The minimum Gasteiger partial charge on any atom is -0.307 e. The molecule has 2 aromatic heterocycles. The van der Waals surface area contributed by atoms with E-state index in [4.69, 9.17) is 4.98 Å². The molecule has 0 aliphatic heterocycles. The predicted molar refractivity (Wildman–Crippen MR) is 138 cm³/mol. The average molecular weight is 612 g/mol. The minimum atomic E-state index is 0. The molecule has 3 heteroatoms. The summed E-state index contributed by atoms with van der Waals surface area (Å²) in [7, 11) is 0. The third-order valence-corrected chi connectivity index (χ3v) is 6.49. The molecule has 0 unspecified atom stereocenters. The van der Waals surface area contributed by atoms with Gasteiger partial charge in [-0.25, -0.2) is 0 Å². The first kappa shape index (κ1) is 20.8. The quantitative estimate of drug-likeness (QED) is 0.172. The number of nitrogens with zero attached hydrogens (tertiary/aromatic N) is 2. The fourth-order valence-electron chi connectivity index (χ4n) is 5.09. The van der Waals surface area contributed by atoms with E-state index in [1.165, 1.54) is 27.1 Å². The van der Waals surface area contributed by atoms with Gasteiger partial charge in [0, 0.05) is 36.3 Å². The van der Waals surface area contributed by atoms with E-state index in [0.717, 1.165) is 33.2 Å². The number of para-hydroxylation sites is 3. The van der Waals surface area contributed by atoms with Gasteiger partial charge in [0.25, 0.3) is 0 Å². The summed E-state index contributed by atoms with van der Waals surface area (Å²) in [6.45, 7) is 0. The molecule has 0 aliphatic rings. The van der Waals surface area contributed by atoms with Crippen molar-refractivity contribution in [3.63, 3.8) is 0 Å². The Hall–Kier alpha value is -3.78. The van der Waals surface area contributed by atoms with Crippen LogP contribution in [0.3, 0.4) is 0 Å². The Labute approximate surface area is 210 Å². The zero-order valence-electron chi connectivity index (χ0n) is 18.2. The summed E-state index contributed by atoms with van der Waals surface area (Å²) >= 11 is 0. The average Bonchev–Trinajstić information content (AvgIpc) is 3.24. The number of fused-ring (bicyclic) bond motifs is 7. The molecule has 7 rings (SSSR count). The van der Waals surface area contributed by atoms with Crippen LogP contribution in [0.25, 0.3) is 60.3 Å². The van der Waals surface area contributed by atoms with Crippen LogP contribution in [0.5, 0.6) is 0 Å². The molecule has 0 atom stereocenters. The zero-order chi connectivity index (χ0) is 21.8. The zero-order valence-corrected chi connectivity index (χ0v) is 20.6. The summed E-state index contributed by atoms with van der Waals surface area (Å²) in [6, 6.07) is 43.8. The maximum absolute atomic E-state index is 5.33. The van der Waals surface area contributed by atoms with Gasteiger partial charge in [-0.05, 0) is 34.7 Å². The topological polar surface area (TPSA) is 17.3 Å². The largest absolute Gasteiger partial charge is 0.307 e. The van der Waals surface area contributed by atoms with Gasteiger partial charge in [-0.1, -0.05) is 72.8 Å².